The van der Waals surface area contributed by atoms with E-state index in [1.165, 1.54) is 21.9 Å². The van der Waals surface area contributed by atoms with Crippen LogP contribution in [0, 0.1) is 0 Å². The van der Waals surface area contributed by atoms with Crippen molar-refractivity contribution in [1.82, 2.24) is 14.1 Å². The molecule has 1 aliphatic rings. The molecule has 0 saturated heterocycles. The van der Waals surface area contributed by atoms with Gasteiger partial charge in [0.15, 0.2) is 0 Å². The zero-order chi connectivity index (χ0) is 37.3. The Kier molecular flexibility index (Phi) is 7.56. The van der Waals surface area contributed by atoms with Gasteiger partial charge in [-0.15, -0.1) is 0 Å². The first-order valence-electron chi connectivity index (χ1n) is 18.9. The van der Waals surface area contributed by atoms with E-state index >= 15 is 0 Å². The number of hydrogen-bond acceptors (Lipinski definition) is 4. The van der Waals surface area contributed by atoms with Crippen LogP contribution in [-0.2, 0) is 12.5 Å². The maximum absolute atomic E-state index is 6.89. The van der Waals surface area contributed by atoms with Crippen molar-refractivity contribution in [3.63, 3.8) is 0 Å². The van der Waals surface area contributed by atoms with Crippen molar-refractivity contribution in [2.45, 2.75) is 26.2 Å². The van der Waals surface area contributed by atoms with Gasteiger partial charge in [-0.2, -0.15) is 0 Å². The molecule has 0 spiro atoms. The van der Waals surface area contributed by atoms with Gasteiger partial charge >= 0.3 is 0 Å². The second-order valence-electron chi connectivity index (χ2n) is 15.5. The van der Waals surface area contributed by atoms with Gasteiger partial charge in [0.05, 0.1) is 28.9 Å². The molecule has 9 aromatic rings. The van der Waals surface area contributed by atoms with Crippen LogP contribution in [-0.4, -0.2) is 20.8 Å². The van der Waals surface area contributed by atoms with Crippen LogP contribution in [0.25, 0.3) is 55.1 Å². The molecule has 1 aliphatic heterocycles. The van der Waals surface area contributed by atoms with Gasteiger partial charge in [-0.25, -0.2) is 4.98 Å². The topological polar surface area (TPSA) is 38.5 Å². The highest BCUT2D eigenvalue weighted by atomic mass is 16.5. The lowest BCUT2D eigenvalue weighted by Crippen LogP contribution is -2.26. The van der Waals surface area contributed by atoms with Crippen molar-refractivity contribution in [2.75, 3.05) is 16.5 Å². The van der Waals surface area contributed by atoms with E-state index < -0.39 is 0 Å². The predicted molar refractivity (Wildman–Crippen MR) is 228 cm³/mol. The van der Waals surface area contributed by atoms with Gasteiger partial charge in [-0.05, 0) is 65.1 Å². The van der Waals surface area contributed by atoms with Gasteiger partial charge < -0.3 is 19.1 Å². The summed E-state index contributed by atoms with van der Waals surface area (Å²) in [6.07, 6.45) is 4.27. The van der Waals surface area contributed by atoms with Gasteiger partial charge in [-0.1, -0.05) is 106 Å². The molecule has 0 N–H and O–H groups in total. The van der Waals surface area contributed by atoms with Crippen LogP contribution in [0.5, 0.6) is 11.5 Å². The summed E-state index contributed by atoms with van der Waals surface area (Å²) in [5.41, 5.74) is 10.1. The third-order valence-electron chi connectivity index (χ3n) is 11.0. The van der Waals surface area contributed by atoms with Crippen LogP contribution in [0.4, 0.5) is 11.4 Å². The number of benzene rings is 6. The zero-order valence-corrected chi connectivity index (χ0v) is 31.4. The molecule has 0 fully saturated rings. The van der Waals surface area contributed by atoms with Crippen molar-refractivity contribution in [3.05, 3.63) is 175 Å². The van der Waals surface area contributed by atoms with Gasteiger partial charge in [0, 0.05) is 76.1 Å². The van der Waals surface area contributed by atoms with Crippen molar-refractivity contribution in [2.24, 2.45) is 7.05 Å². The molecule has 0 saturated carbocycles. The largest absolute Gasteiger partial charge is 0.457 e. The van der Waals surface area contributed by atoms with Crippen LogP contribution in [0.3, 0.4) is 0 Å². The van der Waals surface area contributed by atoms with Gasteiger partial charge in [0.25, 0.3) is 0 Å². The molecule has 0 radical (unpaired) electrons. The third-order valence-corrected chi connectivity index (χ3v) is 11.0. The molecule has 0 bridgehead atoms. The standard InChI is InChI=1S/C49H41N5O/c1-49(2,3)34-25-36(53-32-52(35-17-9-6-10-18-35)31-47(53)33-15-7-5-8-16-33)27-38(26-34)55-37-23-24-41-39-19-12-14-22-44(39)54(46(41)28-37)48-29-45-42(30-50-48)40-20-11-13-21-43(40)51(45)4/h5-31H,32H2,1-4H3. The quantitative estimate of drug-likeness (QED) is 0.172. The first-order chi connectivity index (χ1) is 26.8. The number of nitrogens with zero attached hydrogens (tertiary/aromatic N) is 5. The maximum atomic E-state index is 6.89. The Bertz CT molecular complexity index is 2930. The fraction of sp³-hybridized carbons (Fsp3) is 0.122. The average Bonchev–Trinajstić information content (AvgIpc) is 3.89. The molecule has 3 aromatic heterocycles. The Labute approximate surface area is 320 Å². The van der Waals surface area contributed by atoms with E-state index in [9.17, 15) is 0 Å². The van der Waals surface area contributed by atoms with E-state index in [4.69, 9.17) is 9.72 Å². The number of rotatable bonds is 6. The highest BCUT2D eigenvalue weighted by molar-refractivity contribution is 6.11. The van der Waals surface area contributed by atoms with Crippen molar-refractivity contribution < 1.29 is 4.74 Å². The molecule has 268 valence electrons. The second-order valence-corrected chi connectivity index (χ2v) is 15.5. The lowest BCUT2D eigenvalue weighted by molar-refractivity contribution is 0.479. The van der Waals surface area contributed by atoms with Crippen LogP contribution < -0.4 is 14.5 Å². The number of ether oxygens (including phenoxy) is 1. The minimum Gasteiger partial charge on any atom is -0.457 e. The molecular weight excluding hydrogens is 675 g/mol. The fourth-order valence-electron chi connectivity index (χ4n) is 8.12. The number of para-hydroxylation sites is 3. The normalized spacial score (nSPS) is 13.4. The number of pyridine rings is 1. The molecule has 0 unspecified atom stereocenters. The molecule has 55 heavy (non-hydrogen) atoms. The van der Waals surface area contributed by atoms with E-state index in [1.54, 1.807) is 0 Å². The molecule has 6 aromatic carbocycles. The van der Waals surface area contributed by atoms with Crippen molar-refractivity contribution >= 4 is 60.7 Å². The molecule has 6 nitrogen and oxygen atoms in total. The highest BCUT2D eigenvalue weighted by Crippen LogP contribution is 2.41. The third kappa shape index (κ3) is 5.60. The fourth-order valence-corrected chi connectivity index (χ4v) is 8.12. The summed E-state index contributed by atoms with van der Waals surface area (Å²) >= 11 is 0. The zero-order valence-electron chi connectivity index (χ0n) is 31.4. The smallest absolute Gasteiger partial charge is 0.139 e. The number of anilines is 2. The van der Waals surface area contributed by atoms with Gasteiger partial charge in [0.2, 0.25) is 0 Å². The Morgan fingerprint density at radius 3 is 2.00 bits per heavy atom. The Hall–Kier alpha value is -6.79. The lowest BCUT2D eigenvalue weighted by Gasteiger charge is -2.28. The molecule has 6 heteroatoms. The number of hydrogen-bond donors (Lipinski definition) is 0. The van der Waals surface area contributed by atoms with Crippen LogP contribution in [0.15, 0.2) is 164 Å². The molecule has 4 heterocycles. The minimum atomic E-state index is -0.105. The van der Waals surface area contributed by atoms with Crippen molar-refractivity contribution in [1.29, 1.82) is 0 Å². The average molecular weight is 716 g/mol. The Balaban J connectivity index is 1.08. The van der Waals surface area contributed by atoms with E-state index in [0.717, 1.165) is 67.3 Å². The van der Waals surface area contributed by atoms with E-state index in [2.05, 4.69) is 205 Å². The molecule has 0 amide bonds. The molecule has 10 rings (SSSR count). The SMILES string of the molecule is Cn1c2ccccc2c2cnc(-n3c4ccccc4c4ccc(Oc5cc(N6CN(c7ccccc7)C=C6c6ccccc6)cc(C(C)(C)C)c5)cc43)cc21. The predicted octanol–water partition coefficient (Wildman–Crippen LogP) is 12.2. The van der Waals surface area contributed by atoms with Crippen LogP contribution >= 0.6 is 0 Å². The highest BCUT2D eigenvalue weighted by Gasteiger charge is 2.27. The lowest BCUT2D eigenvalue weighted by atomic mass is 9.86. The summed E-state index contributed by atoms with van der Waals surface area (Å²) in [5.74, 6) is 2.44. The summed E-state index contributed by atoms with van der Waals surface area (Å²) < 4.78 is 11.4. The summed E-state index contributed by atoms with van der Waals surface area (Å²) in [7, 11) is 2.13. The van der Waals surface area contributed by atoms with E-state index in [0.29, 0.717) is 6.67 Å². The first kappa shape index (κ1) is 32.8. The van der Waals surface area contributed by atoms with Crippen molar-refractivity contribution in [3.8, 4) is 17.3 Å². The van der Waals surface area contributed by atoms with E-state index in [1.807, 2.05) is 6.20 Å². The minimum absolute atomic E-state index is 0.105. The summed E-state index contributed by atoms with van der Waals surface area (Å²) in [6.45, 7) is 7.46. The summed E-state index contributed by atoms with van der Waals surface area (Å²) in [5, 5.41) is 4.69. The van der Waals surface area contributed by atoms with Gasteiger partial charge in [-0.3, -0.25) is 4.57 Å². The number of aryl methyl sites for hydroxylation is 1. The Morgan fingerprint density at radius 2 is 1.24 bits per heavy atom. The second kappa shape index (κ2) is 12.7. The summed E-state index contributed by atoms with van der Waals surface area (Å²) in [6, 6.07) is 53.6. The molecule has 0 aliphatic carbocycles. The van der Waals surface area contributed by atoms with E-state index in [-0.39, 0.29) is 5.41 Å². The monoisotopic (exact) mass is 715 g/mol. The van der Waals surface area contributed by atoms with Crippen LogP contribution in [0.1, 0.15) is 31.9 Å². The molecule has 0 atom stereocenters. The number of aromatic nitrogens is 3. The maximum Gasteiger partial charge on any atom is 0.139 e. The Morgan fingerprint density at radius 1 is 0.564 bits per heavy atom. The van der Waals surface area contributed by atoms with Crippen LogP contribution in [0.2, 0.25) is 0 Å². The number of fused-ring (bicyclic) bond motifs is 6. The van der Waals surface area contributed by atoms with Gasteiger partial charge in [0.1, 0.15) is 17.3 Å². The summed E-state index contributed by atoms with van der Waals surface area (Å²) in [4.78, 5) is 9.77. The first-order valence-corrected chi connectivity index (χ1v) is 18.9. The molecular formula is C49H41N5O.